The van der Waals surface area contributed by atoms with E-state index in [2.05, 4.69) is 17.2 Å². The quantitative estimate of drug-likeness (QED) is 0.543. The summed E-state index contributed by atoms with van der Waals surface area (Å²) in [5.41, 5.74) is 7.06. The number of amides is 1. The van der Waals surface area contributed by atoms with E-state index in [1.54, 1.807) is 18.2 Å². The Balaban J connectivity index is 2.25. The van der Waals surface area contributed by atoms with Gasteiger partial charge in [0.05, 0.1) is 15.8 Å². The zero-order valence-electron chi connectivity index (χ0n) is 11.1. The molecule has 0 aliphatic carbocycles. The van der Waals surface area contributed by atoms with Crippen molar-refractivity contribution in [3.05, 3.63) is 57.2 Å². The molecule has 0 saturated heterocycles. The number of carbonyl (C=O) groups is 1. The highest BCUT2D eigenvalue weighted by Crippen LogP contribution is 2.21. The molecule has 4 N–H and O–H groups in total. The normalized spacial score (nSPS) is 9.62. The SMILES string of the molecule is NCC#Cc1ccccc1NC(=O)c1ccc(I)c(O)c1. The number of halogens is 1. The predicted molar refractivity (Wildman–Crippen MR) is 91.2 cm³/mol. The van der Waals surface area contributed by atoms with Gasteiger partial charge in [-0.2, -0.15) is 0 Å². The first-order valence-corrected chi connectivity index (χ1v) is 7.27. The molecule has 1 amide bonds. The van der Waals surface area contributed by atoms with Crippen LogP contribution in [-0.4, -0.2) is 17.6 Å². The van der Waals surface area contributed by atoms with Gasteiger partial charge in [0.1, 0.15) is 5.75 Å². The standard InChI is InChI=1S/C16H13IN2O2/c17-13-8-7-12(10-15(13)20)16(21)19-14-6-2-1-4-11(14)5-3-9-18/h1-2,4,6-8,10,20H,9,18H2,(H,19,21). The highest BCUT2D eigenvalue weighted by Gasteiger charge is 2.10. The van der Waals surface area contributed by atoms with Crippen LogP contribution in [0.2, 0.25) is 0 Å². The first-order chi connectivity index (χ1) is 10.1. The molecular weight excluding hydrogens is 379 g/mol. The average molecular weight is 392 g/mol. The van der Waals surface area contributed by atoms with Crippen molar-refractivity contribution < 1.29 is 9.90 Å². The molecule has 0 radical (unpaired) electrons. The van der Waals surface area contributed by atoms with Crippen LogP contribution in [0.3, 0.4) is 0 Å². The molecule has 106 valence electrons. The fourth-order valence-electron chi connectivity index (χ4n) is 1.70. The van der Waals surface area contributed by atoms with Crippen molar-refractivity contribution in [3.8, 4) is 17.6 Å². The number of anilines is 1. The van der Waals surface area contributed by atoms with Crippen molar-refractivity contribution in [3.63, 3.8) is 0 Å². The molecular formula is C16H13IN2O2. The summed E-state index contributed by atoms with van der Waals surface area (Å²) in [4.78, 5) is 12.2. The molecule has 0 atom stereocenters. The molecule has 0 aliphatic heterocycles. The molecule has 0 heterocycles. The van der Waals surface area contributed by atoms with Crippen molar-refractivity contribution in [2.24, 2.45) is 5.73 Å². The van der Waals surface area contributed by atoms with E-state index in [1.165, 1.54) is 6.07 Å². The number of benzene rings is 2. The Hall–Kier alpha value is -2.04. The molecule has 0 fully saturated rings. The van der Waals surface area contributed by atoms with Gasteiger partial charge in [-0.1, -0.05) is 24.0 Å². The lowest BCUT2D eigenvalue weighted by atomic mass is 10.1. The largest absolute Gasteiger partial charge is 0.507 e. The number of hydrogen-bond donors (Lipinski definition) is 3. The second-order valence-corrected chi connectivity index (χ2v) is 5.33. The summed E-state index contributed by atoms with van der Waals surface area (Å²) in [6, 6.07) is 12.0. The lowest BCUT2D eigenvalue weighted by Gasteiger charge is -2.08. The van der Waals surface area contributed by atoms with Gasteiger partial charge in [-0.3, -0.25) is 4.79 Å². The van der Waals surface area contributed by atoms with Gasteiger partial charge in [-0.15, -0.1) is 0 Å². The third kappa shape index (κ3) is 3.97. The second kappa shape index (κ2) is 7.11. The third-order valence-electron chi connectivity index (χ3n) is 2.71. The molecule has 2 aromatic rings. The minimum Gasteiger partial charge on any atom is -0.507 e. The monoisotopic (exact) mass is 392 g/mol. The Morgan fingerprint density at radius 3 is 2.76 bits per heavy atom. The summed E-state index contributed by atoms with van der Waals surface area (Å²) < 4.78 is 0.693. The van der Waals surface area contributed by atoms with Crippen molar-refractivity contribution in [1.29, 1.82) is 0 Å². The van der Waals surface area contributed by atoms with E-state index in [-0.39, 0.29) is 18.2 Å². The number of hydrogen-bond acceptors (Lipinski definition) is 3. The van der Waals surface area contributed by atoms with Gasteiger partial charge in [0.15, 0.2) is 0 Å². The van der Waals surface area contributed by atoms with Gasteiger partial charge in [0.25, 0.3) is 5.91 Å². The Morgan fingerprint density at radius 1 is 1.29 bits per heavy atom. The number of phenolic OH excluding ortho intramolecular Hbond substituents is 1. The first-order valence-electron chi connectivity index (χ1n) is 6.19. The smallest absolute Gasteiger partial charge is 0.255 e. The van der Waals surface area contributed by atoms with E-state index >= 15 is 0 Å². The fraction of sp³-hybridized carbons (Fsp3) is 0.0625. The van der Waals surface area contributed by atoms with Crippen LogP contribution in [0.1, 0.15) is 15.9 Å². The zero-order chi connectivity index (χ0) is 15.2. The van der Waals surface area contributed by atoms with Gasteiger partial charge >= 0.3 is 0 Å². The summed E-state index contributed by atoms with van der Waals surface area (Å²) in [5.74, 6) is 5.45. The van der Waals surface area contributed by atoms with Crippen molar-refractivity contribution >= 4 is 34.2 Å². The van der Waals surface area contributed by atoms with Crippen molar-refractivity contribution in [2.45, 2.75) is 0 Å². The molecule has 0 spiro atoms. The van der Waals surface area contributed by atoms with E-state index in [4.69, 9.17) is 5.73 Å². The first kappa shape index (κ1) is 15.4. The number of rotatable bonds is 2. The number of carbonyl (C=O) groups excluding carboxylic acids is 1. The lowest BCUT2D eigenvalue weighted by molar-refractivity contribution is 0.102. The Labute approximate surface area is 136 Å². The van der Waals surface area contributed by atoms with Gasteiger partial charge in [0.2, 0.25) is 0 Å². The van der Waals surface area contributed by atoms with E-state index in [0.29, 0.717) is 20.4 Å². The Kier molecular flexibility index (Phi) is 5.20. The highest BCUT2D eigenvalue weighted by molar-refractivity contribution is 14.1. The maximum atomic E-state index is 12.2. The molecule has 21 heavy (non-hydrogen) atoms. The van der Waals surface area contributed by atoms with E-state index in [0.717, 1.165) is 0 Å². The third-order valence-corrected chi connectivity index (χ3v) is 3.62. The maximum Gasteiger partial charge on any atom is 0.255 e. The van der Waals surface area contributed by atoms with Gasteiger partial charge in [-0.25, -0.2) is 0 Å². The van der Waals surface area contributed by atoms with Crippen LogP contribution >= 0.6 is 22.6 Å². The van der Waals surface area contributed by atoms with Crippen LogP contribution in [0.25, 0.3) is 0 Å². The van der Waals surface area contributed by atoms with Gasteiger partial charge < -0.3 is 16.2 Å². The number of nitrogens with two attached hydrogens (primary N) is 1. The van der Waals surface area contributed by atoms with Crippen LogP contribution < -0.4 is 11.1 Å². The summed E-state index contributed by atoms with van der Waals surface area (Å²) in [6.45, 7) is 0.257. The molecule has 4 nitrogen and oxygen atoms in total. The molecule has 0 aromatic heterocycles. The van der Waals surface area contributed by atoms with Crippen LogP contribution in [-0.2, 0) is 0 Å². The van der Waals surface area contributed by atoms with E-state index < -0.39 is 0 Å². The molecule has 0 unspecified atom stereocenters. The van der Waals surface area contributed by atoms with Crippen molar-refractivity contribution in [1.82, 2.24) is 0 Å². The number of nitrogens with one attached hydrogen (secondary N) is 1. The predicted octanol–water partition coefficient (Wildman–Crippen LogP) is 2.56. The number of para-hydroxylation sites is 1. The molecule has 0 bridgehead atoms. The van der Waals surface area contributed by atoms with E-state index in [1.807, 2.05) is 40.8 Å². The Morgan fingerprint density at radius 2 is 2.05 bits per heavy atom. The molecule has 0 aliphatic rings. The van der Waals surface area contributed by atoms with Crippen LogP contribution in [0.4, 0.5) is 5.69 Å². The van der Waals surface area contributed by atoms with Crippen LogP contribution in [0.15, 0.2) is 42.5 Å². The minimum absolute atomic E-state index is 0.0828. The molecule has 2 rings (SSSR count). The number of aromatic hydroxyl groups is 1. The fourth-order valence-corrected chi connectivity index (χ4v) is 2.03. The van der Waals surface area contributed by atoms with Gasteiger partial charge in [0, 0.05) is 11.1 Å². The van der Waals surface area contributed by atoms with E-state index in [9.17, 15) is 9.90 Å². The van der Waals surface area contributed by atoms with Gasteiger partial charge in [-0.05, 0) is 52.9 Å². The Bertz CT molecular complexity index is 733. The molecule has 2 aromatic carbocycles. The lowest BCUT2D eigenvalue weighted by Crippen LogP contribution is -2.12. The van der Waals surface area contributed by atoms with Crippen molar-refractivity contribution in [2.75, 3.05) is 11.9 Å². The second-order valence-electron chi connectivity index (χ2n) is 4.17. The average Bonchev–Trinajstić information content (AvgIpc) is 2.49. The van der Waals surface area contributed by atoms with Crippen LogP contribution in [0.5, 0.6) is 5.75 Å². The molecule has 0 saturated carbocycles. The van der Waals surface area contributed by atoms with Crippen LogP contribution in [0, 0.1) is 15.4 Å². The summed E-state index contributed by atoms with van der Waals surface area (Å²) in [6.07, 6.45) is 0. The number of phenols is 1. The molecule has 5 heteroatoms. The summed E-state index contributed by atoms with van der Waals surface area (Å²) in [5, 5.41) is 12.4. The topological polar surface area (TPSA) is 75.3 Å². The maximum absolute atomic E-state index is 12.2. The minimum atomic E-state index is -0.302. The zero-order valence-corrected chi connectivity index (χ0v) is 13.2. The summed E-state index contributed by atoms with van der Waals surface area (Å²) in [7, 11) is 0. The summed E-state index contributed by atoms with van der Waals surface area (Å²) >= 11 is 2.00. The highest BCUT2D eigenvalue weighted by atomic mass is 127.